The van der Waals surface area contributed by atoms with Crippen LogP contribution in [0.25, 0.3) is 0 Å². The van der Waals surface area contributed by atoms with Crippen LogP contribution in [0.1, 0.15) is 12.6 Å². The van der Waals surface area contributed by atoms with Crippen molar-refractivity contribution in [2.75, 3.05) is 0 Å². The van der Waals surface area contributed by atoms with Gasteiger partial charge in [0.05, 0.1) is 0 Å². The molecule has 0 aliphatic rings. The van der Waals surface area contributed by atoms with Crippen LogP contribution < -0.4 is 51.4 Å². The number of aliphatic imine (C=N–C) groups is 1. The molecular formula is C17H15F3KNO2. The van der Waals surface area contributed by atoms with Crippen LogP contribution in [0.5, 0.6) is 0 Å². The molecule has 0 saturated heterocycles. The molecule has 7 heteroatoms. The first kappa shape index (κ1) is 21.0. The Morgan fingerprint density at radius 2 is 1.54 bits per heavy atom. The van der Waals surface area contributed by atoms with Gasteiger partial charge in [-0.1, -0.05) is 60.7 Å². The topological polar surface area (TPSA) is 49.7 Å². The fourth-order valence-electron chi connectivity index (χ4n) is 2.09. The van der Waals surface area contributed by atoms with Gasteiger partial charge in [-0.3, -0.25) is 4.99 Å². The first-order chi connectivity index (χ1) is 10.9. The van der Waals surface area contributed by atoms with Crippen LogP contribution in [-0.4, -0.2) is 29.0 Å². The summed E-state index contributed by atoms with van der Waals surface area (Å²) in [4.78, 5) is 14.8. The Hall–Kier alpha value is -0.994. The van der Waals surface area contributed by atoms with Gasteiger partial charge in [0.2, 0.25) is 0 Å². The minimum absolute atomic E-state index is 0. The van der Waals surface area contributed by atoms with Crippen LogP contribution in [0.3, 0.4) is 0 Å². The molecule has 2 rings (SSSR count). The van der Waals surface area contributed by atoms with E-state index in [0.29, 0.717) is 5.56 Å². The molecule has 0 aliphatic carbocycles. The van der Waals surface area contributed by atoms with Crippen LogP contribution in [0.15, 0.2) is 65.7 Å². The fraction of sp³-hybridized carbons (Fsp3) is 0.176. The van der Waals surface area contributed by atoms with Crippen LogP contribution >= 0.6 is 0 Å². The third-order valence-electron chi connectivity index (χ3n) is 3.16. The van der Waals surface area contributed by atoms with Crippen molar-refractivity contribution in [2.45, 2.75) is 18.6 Å². The number of hydrogen-bond acceptors (Lipinski definition) is 2. The molecule has 0 unspecified atom stereocenters. The smallest absolute Gasteiger partial charge is 1.00 e. The monoisotopic (exact) mass is 361 g/mol. The van der Waals surface area contributed by atoms with Crippen molar-refractivity contribution in [3.63, 3.8) is 0 Å². The van der Waals surface area contributed by atoms with E-state index in [1.165, 1.54) is 24.3 Å². The molecule has 3 nitrogen and oxygen atoms in total. The van der Waals surface area contributed by atoms with E-state index in [1.54, 1.807) is 36.4 Å². The molecule has 2 aromatic rings. The molecule has 0 heterocycles. The van der Waals surface area contributed by atoms with Gasteiger partial charge in [-0.2, -0.15) is 13.2 Å². The van der Waals surface area contributed by atoms with Gasteiger partial charge >= 0.3 is 63.5 Å². The molecule has 0 radical (unpaired) electrons. The number of carboxylic acids is 1. The van der Waals surface area contributed by atoms with Gasteiger partial charge in [0.15, 0.2) is 6.04 Å². The predicted octanol–water partition coefficient (Wildman–Crippen LogP) is 0.850. The summed E-state index contributed by atoms with van der Waals surface area (Å²) in [6, 6.07) is 13.9. The van der Waals surface area contributed by atoms with Gasteiger partial charge in [-0.25, -0.2) is 4.79 Å². The average molecular weight is 361 g/mol. The van der Waals surface area contributed by atoms with Crippen LogP contribution in [0.2, 0.25) is 0 Å². The van der Waals surface area contributed by atoms with Gasteiger partial charge in [0.1, 0.15) is 5.71 Å². The SMILES string of the molecule is O=C(O)[C@H](Cc1ccccc1)N=C(c1ccccc1)C(F)(F)F.[H-].[K+]. The van der Waals surface area contributed by atoms with Gasteiger partial charge in [0, 0.05) is 12.0 Å². The third kappa shape index (κ3) is 6.14. The largest absolute Gasteiger partial charge is 1.00 e. The second-order valence-corrected chi connectivity index (χ2v) is 4.89. The van der Waals surface area contributed by atoms with E-state index < -0.39 is 23.9 Å². The number of carbonyl (C=O) groups is 1. The third-order valence-corrected chi connectivity index (χ3v) is 3.16. The number of alkyl halides is 3. The van der Waals surface area contributed by atoms with Gasteiger partial charge in [-0.05, 0) is 5.56 Å². The van der Waals surface area contributed by atoms with Crippen LogP contribution in [0, 0.1) is 0 Å². The van der Waals surface area contributed by atoms with Crippen LogP contribution in [0.4, 0.5) is 13.2 Å². The summed E-state index contributed by atoms with van der Waals surface area (Å²) in [5.74, 6) is -1.40. The maximum atomic E-state index is 13.2. The predicted molar refractivity (Wildman–Crippen MR) is 81.7 cm³/mol. The molecule has 0 spiro atoms. The van der Waals surface area contributed by atoms with Gasteiger partial charge in [0.25, 0.3) is 0 Å². The molecule has 1 atom stereocenters. The normalized spacial score (nSPS) is 13.0. The number of hydrogen-bond donors (Lipinski definition) is 1. The Kier molecular flexibility index (Phi) is 8.31. The zero-order valence-electron chi connectivity index (χ0n) is 14.0. The number of carboxylic acid groups (broad SMARTS) is 1. The number of aliphatic carboxylic acids is 1. The van der Waals surface area contributed by atoms with E-state index >= 15 is 0 Å². The Bertz CT molecular complexity index is 694. The number of rotatable bonds is 5. The summed E-state index contributed by atoms with van der Waals surface area (Å²) in [5, 5.41) is 9.22. The molecule has 0 fully saturated rings. The standard InChI is InChI=1S/C17H14F3NO2.K.H/c18-17(19,20)15(13-9-5-2-6-10-13)21-14(16(22)23)11-12-7-3-1-4-8-12;;/h1-10,14H,11H2,(H,22,23);;/q;+1;-1/t14-;;/m0../s1. The number of benzene rings is 2. The summed E-state index contributed by atoms with van der Waals surface area (Å²) >= 11 is 0. The Labute approximate surface area is 181 Å². The first-order valence-electron chi connectivity index (χ1n) is 6.85. The number of nitrogens with zero attached hydrogens (tertiary/aromatic N) is 1. The van der Waals surface area contributed by atoms with E-state index in [2.05, 4.69) is 4.99 Å². The molecule has 0 aliphatic heterocycles. The Morgan fingerprint density at radius 1 is 1.04 bits per heavy atom. The van der Waals surface area contributed by atoms with Crippen molar-refractivity contribution in [3.8, 4) is 0 Å². The number of halogens is 3. The van der Waals surface area contributed by atoms with E-state index in [0.717, 1.165) is 0 Å². The van der Waals surface area contributed by atoms with Crippen molar-refractivity contribution >= 4 is 11.7 Å². The second kappa shape index (κ2) is 9.48. The molecule has 24 heavy (non-hydrogen) atoms. The average Bonchev–Trinajstić information content (AvgIpc) is 2.51. The molecule has 122 valence electrons. The molecule has 0 amide bonds. The minimum atomic E-state index is -4.73. The van der Waals surface area contributed by atoms with Crippen molar-refractivity contribution < 1.29 is 75.9 Å². The van der Waals surface area contributed by atoms with Gasteiger partial charge < -0.3 is 6.53 Å². The summed E-state index contributed by atoms with van der Waals surface area (Å²) in [6.07, 6.45) is -4.84. The second-order valence-electron chi connectivity index (χ2n) is 4.89. The molecule has 0 saturated carbocycles. The van der Waals surface area contributed by atoms with Crippen molar-refractivity contribution in [2.24, 2.45) is 4.99 Å². The Morgan fingerprint density at radius 3 is 2.00 bits per heavy atom. The zero-order chi connectivity index (χ0) is 16.9. The zero-order valence-corrected chi connectivity index (χ0v) is 16.1. The molecule has 1 N–H and O–H groups in total. The van der Waals surface area contributed by atoms with Crippen molar-refractivity contribution in [1.82, 2.24) is 0 Å². The maximum Gasteiger partial charge on any atom is 1.00 e. The van der Waals surface area contributed by atoms with E-state index in [1.807, 2.05) is 0 Å². The van der Waals surface area contributed by atoms with E-state index in [-0.39, 0.29) is 64.8 Å². The molecular weight excluding hydrogens is 346 g/mol. The summed E-state index contributed by atoms with van der Waals surface area (Å²) in [7, 11) is 0. The van der Waals surface area contributed by atoms with E-state index in [4.69, 9.17) is 0 Å². The maximum absolute atomic E-state index is 13.2. The molecule has 0 bridgehead atoms. The fourth-order valence-corrected chi connectivity index (χ4v) is 2.09. The quantitative estimate of drug-likeness (QED) is 0.634. The Balaban J connectivity index is 0.00000288. The van der Waals surface area contributed by atoms with E-state index in [9.17, 15) is 23.1 Å². The van der Waals surface area contributed by atoms with Gasteiger partial charge in [-0.15, -0.1) is 0 Å². The van der Waals surface area contributed by atoms with Crippen molar-refractivity contribution in [3.05, 3.63) is 71.8 Å². The summed E-state index contributed by atoms with van der Waals surface area (Å²) in [5.41, 5.74) is -0.723. The van der Waals surface area contributed by atoms with Crippen LogP contribution in [-0.2, 0) is 11.2 Å². The molecule has 0 aromatic heterocycles. The summed E-state index contributed by atoms with van der Waals surface area (Å²) < 4.78 is 39.7. The van der Waals surface area contributed by atoms with Crippen molar-refractivity contribution in [1.29, 1.82) is 0 Å². The summed E-state index contributed by atoms with van der Waals surface area (Å²) in [6.45, 7) is 0. The minimum Gasteiger partial charge on any atom is -1.00 e. The first-order valence-corrected chi connectivity index (χ1v) is 6.85. The molecule has 2 aromatic carbocycles.